The van der Waals surface area contributed by atoms with Crippen molar-refractivity contribution in [1.29, 1.82) is 0 Å². The Morgan fingerprint density at radius 1 is 1.38 bits per heavy atom. The monoisotopic (exact) mass is 214 g/mol. The molecule has 0 atom stereocenters. The summed E-state index contributed by atoms with van der Waals surface area (Å²) < 4.78 is 4.84. The lowest BCUT2D eigenvalue weighted by atomic mass is 10.2. The van der Waals surface area contributed by atoms with Crippen molar-refractivity contribution in [2.75, 3.05) is 6.61 Å². The summed E-state index contributed by atoms with van der Waals surface area (Å²) >= 11 is 0. The quantitative estimate of drug-likeness (QED) is 0.429. The van der Waals surface area contributed by atoms with Gasteiger partial charge in [0.15, 0.2) is 0 Å². The topological polar surface area (TPSA) is 26.3 Å². The van der Waals surface area contributed by atoms with Gasteiger partial charge in [-0.15, -0.1) is 0 Å². The van der Waals surface area contributed by atoms with Crippen LogP contribution in [0.4, 0.5) is 0 Å². The molecule has 0 aliphatic rings. The van der Waals surface area contributed by atoms with Crippen molar-refractivity contribution in [2.24, 2.45) is 0 Å². The Hall–Kier alpha value is -2.01. The third kappa shape index (κ3) is 4.47. The Kier molecular flexibility index (Phi) is 4.35. The molecule has 0 fully saturated rings. The molecule has 0 radical (unpaired) electrons. The van der Waals surface area contributed by atoms with E-state index in [1.54, 1.807) is 6.92 Å². The first kappa shape index (κ1) is 12.1. The van der Waals surface area contributed by atoms with Crippen LogP contribution < -0.4 is 0 Å². The van der Waals surface area contributed by atoms with E-state index < -0.39 is 5.97 Å². The Morgan fingerprint density at radius 2 is 2.00 bits per heavy atom. The largest absolute Gasteiger partial charge is 0.452 e. The van der Waals surface area contributed by atoms with Crippen LogP contribution >= 0.6 is 0 Å². The molecule has 0 aromatic heterocycles. The highest BCUT2D eigenvalue weighted by Gasteiger charge is 1.96. The van der Waals surface area contributed by atoms with Crippen LogP contribution in [0.5, 0.6) is 0 Å². The van der Waals surface area contributed by atoms with Crippen LogP contribution in [0.15, 0.2) is 36.4 Å². The maximum Gasteiger partial charge on any atom is 0.385 e. The van der Waals surface area contributed by atoms with E-state index in [1.807, 2.05) is 31.2 Å². The van der Waals surface area contributed by atoms with Crippen molar-refractivity contribution in [3.63, 3.8) is 0 Å². The van der Waals surface area contributed by atoms with Crippen molar-refractivity contribution >= 4 is 5.97 Å². The molecule has 0 aliphatic carbocycles. The van der Waals surface area contributed by atoms with Crippen molar-refractivity contribution in [3.8, 4) is 11.8 Å². The summed E-state index contributed by atoms with van der Waals surface area (Å²) in [7, 11) is 0. The van der Waals surface area contributed by atoms with E-state index in [2.05, 4.69) is 18.4 Å². The van der Waals surface area contributed by atoms with Gasteiger partial charge in [0, 0.05) is 11.5 Å². The van der Waals surface area contributed by atoms with E-state index in [1.165, 1.54) is 0 Å². The zero-order chi connectivity index (χ0) is 12.0. The first-order valence-corrected chi connectivity index (χ1v) is 4.98. The smallest absolute Gasteiger partial charge is 0.385 e. The van der Waals surface area contributed by atoms with Gasteiger partial charge < -0.3 is 4.74 Å². The first-order chi connectivity index (χ1) is 7.58. The van der Waals surface area contributed by atoms with Gasteiger partial charge in [-0.1, -0.05) is 30.2 Å². The maximum absolute atomic E-state index is 11.2. The summed E-state index contributed by atoms with van der Waals surface area (Å²) in [4.78, 5) is 11.2. The second-order valence-electron chi connectivity index (χ2n) is 3.65. The van der Waals surface area contributed by atoms with Gasteiger partial charge in [-0.2, -0.15) is 0 Å². The number of rotatable bonds is 2. The van der Waals surface area contributed by atoms with E-state index >= 15 is 0 Å². The number of carbonyl (C=O) groups excluding carboxylic acids is 1. The predicted molar refractivity (Wildman–Crippen MR) is 63.8 cm³/mol. The van der Waals surface area contributed by atoms with E-state index in [0.717, 1.165) is 16.7 Å². The van der Waals surface area contributed by atoms with Gasteiger partial charge in [0.05, 0.1) is 0 Å². The fraction of sp³-hybridized carbons (Fsp3) is 0.214. The first-order valence-electron chi connectivity index (χ1n) is 4.98. The zero-order valence-electron chi connectivity index (χ0n) is 9.54. The SMILES string of the molecule is C=C(C)COC(=O)C#Cc1ccc(C)cc1. The average Bonchev–Trinajstić information content (AvgIpc) is 2.25. The van der Waals surface area contributed by atoms with Crippen LogP contribution in [0.1, 0.15) is 18.1 Å². The number of hydrogen-bond acceptors (Lipinski definition) is 2. The molecule has 1 aromatic carbocycles. The summed E-state index contributed by atoms with van der Waals surface area (Å²) in [5.74, 6) is 4.64. The van der Waals surface area contributed by atoms with Crippen molar-refractivity contribution in [2.45, 2.75) is 13.8 Å². The third-order valence-corrected chi connectivity index (χ3v) is 1.81. The highest BCUT2D eigenvalue weighted by Crippen LogP contribution is 2.00. The molecule has 0 heterocycles. The van der Waals surface area contributed by atoms with Crippen LogP contribution in [0.3, 0.4) is 0 Å². The van der Waals surface area contributed by atoms with E-state index in [0.29, 0.717) is 0 Å². The lowest BCUT2D eigenvalue weighted by Gasteiger charge is -1.97. The number of benzene rings is 1. The molecule has 2 heteroatoms. The molecule has 0 aliphatic heterocycles. The molecular weight excluding hydrogens is 200 g/mol. The molecule has 16 heavy (non-hydrogen) atoms. The molecule has 0 saturated carbocycles. The van der Waals surface area contributed by atoms with Gasteiger partial charge in [0.2, 0.25) is 0 Å². The van der Waals surface area contributed by atoms with Gasteiger partial charge in [0.25, 0.3) is 0 Å². The van der Waals surface area contributed by atoms with Crippen LogP contribution in [-0.4, -0.2) is 12.6 Å². The van der Waals surface area contributed by atoms with Gasteiger partial charge in [-0.3, -0.25) is 0 Å². The highest BCUT2D eigenvalue weighted by atomic mass is 16.5. The average molecular weight is 214 g/mol. The van der Waals surface area contributed by atoms with Crippen LogP contribution in [-0.2, 0) is 9.53 Å². The normalized spacial score (nSPS) is 8.88. The molecule has 0 spiro atoms. The Bertz CT molecular complexity index is 444. The van der Waals surface area contributed by atoms with Crippen LogP contribution in [0.25, 0.3) is 0 Å². The minimum absolute atomic E-state index is 0.224. The summed E-state index contributed by atoms with van der Waals surface area (Å²) in [6.45, 7) is 7.64. The van der Waals surface area contributed by atoms with E-state index in [4.69, 9.17) is 4.74 Å². The fourth-order valence-corrected chi connectivity index (χ4v) is 0.985. The Labute approximate surface area is 95.9 Å². The van der Waals surface area contributed by atoms with Crippen molar-refractivity contribution in [3.05, 3.63) is 47.5 Å². The van der Waals surface area contributed by atoms with E-state index in [9.17, 15) is 4.79 Å². The van der Waals surface area contributed by atoms with Gasteiger partial charge in [-0.25, -0.2) is 4.79 Å². The van der Waals surface area contributed by atoms with Gasteiger partial charge in [-0.05, 0) is 31.6 Å². The number of aryl methyl sites for hydroxylation is 1. The number of hydrogen-bond donors (Lipinski definition) is 0. The lowest BCUT2D eigenvalue weighted by molar-refractivity contribution is -0.135. The van der Waals surface area contributed by atoms with Crippen LogP contribution in [0, 0.1) is 18.8 Å². The summed E-state index contributed by atoms with van der Waals surface area (Å²) in [6.07, 6.45) is 0. The Morgan fingerprint density at radius 3 is 2.56 bits per heavy atom. The molecule has 2 nitrogen and oxygen atoms in total. The summed E-state index contributed by atoms with van der Waals surface area (Å²) in [5, 5.41) is 0. The third-order valence-electron chi connectivity index (χ3n) is 1.81. The highest BCUT2D eigenvalue weighted by molar-refractivity contribution is 5.89. The van der Waals surface area contributed by atoms with Crippen molar-refractivity contribution < 1.29 is 9.53 Å². The minimum Gasteiger partial charge on any atom is -0.452 e. The van der Waals surface area contributed by atoms with Gasteiger partial charge in [0.1, 0.15) is 6.61 Å². The molecular formula is C14H14O2. The lowest BCUT2D eigenvalue weighted by Crippen LogP contribution is -2.03. The molecule has 0 bridgehead atoms. The Balaban J connectivity index is 2.57. The minimum atomic E-state index is -0.524. The summed E-state index contributed by atoms with van der Waals surface area (Å²) in [5.41, 5.74) is 2.76. The summed E-state index contributed by atoms with van der Waals surface area (Å²) in [6, 6.07) is 7.63. The molecule has 82 valence electrons. The molecule has 1 rings (SSSR count). The standard InChI is InChI=1S/C14H14O2/c1-11(2)10-16-14(15)9-8-13-6-4-12(3)5-7-13/h4-7H,1,10H2,2-3H3. The molecule has 0 saturated heterocycles. The van der Waals surface area contributed by atoms with Crippen molar-refractivity contribution in [1.82, 2.24) is 0 Å². The fourth-order valence-electron chi connectivity index (χ4n) is 0.985. The molecule has 0 N–H and O–H groups in total. The van der Waals surface area contributed by atoms with Crippen LogP contribution in [0.2, 0.25) is 0 Å². The molecule has 1 aromatic rings. The van der Waals surface area contributed by atoms with E-state index in [-0.39, 0.29) is 6.61 Å². The maximum atomic E-state index is 11.2. The van der Waals surface area contributed by atoms with Gasteiger partial charge >= 0.3 is 5.97 Å². The molecule has 0 amide bonds. The number of ether oxygens (including phenoxy) is 1. The second kappa shape index (κ2) is 5.77. The zero-order valence-corrected chi connectivity index (χ0v) is 9.54. The second-order valence-corrected chi connectivity index (χ2v) is 3.65. The predicted octanol–water partition coefficient (Wildman–Crippen LogP) is 2.47. The molecule has 0 unspecified atom stereocenters. The number of esters is 1. The number of carbonyl (C=O) groups is 1.